The maximum absolute atomic E-state index is 9.59. The maximum Gasteiger partial charge on any atom is 0.258 e. The Morgan fingerprint density at radius 3 is 2.67 bits per heavy atom. The van der Waals surface area contributed by atoms with Crippen LogP contribution in [-0.2, 0) is 10.3 Å². The molecular formula is C16H20N2O3. The molecule has 1 fully saturated rings. The molecule has 0 spiro atoms. The second-order valence-electron chi connectivity index (χ2n) is 5.68. The summed E-state index contributed by atoms with van der Waals surface area (Å²) in [5.41, 5.74) is 1.18. The van der Waals surface area contributed by atoms with Crippen molar-refractivity contribution in [1.29, 1.82) is 0 Å². The quantitative estimate of drug-likeness (QED) is 0.935. The van der Waals surface area contributed by atoms with Gasteiger partial charge in [0.25, 0.3) is 5.89 Å². The summed E-state index contributed by atoms with van der Waals surface area (Å²) in [5, 5.41) is 13.7. The summed E-state index contributed by atoms with van der Waals surface area (Å²) in [6.45, 7) is 1.84. The molecule has 1 aromatic carbocycles. The fourth-order valence-electron chi connectivity index (χ4n) is 2.96. The zero-order valence-corrected chi connectivity index (χ0v) is 12.4. The molecule has 0 amide bonds. The van der Waals surface area contributed by atoms with Crippen molar-refractivity contribution in [3.05, 3.63) is 29.6 Å². The van der Waals surface area contributed by atoms with E-state index in [-0.39, 0.29) is 5.75 Å². The number of nitrogens with zero attached hydrogens (tertiary/aromatic N) is 2. The Bertz CT molecular complexity index is 630. The van der Waals surface area contributed by atoms with Crippen LogP contribution in [0.4, 0.5) is 0 Å². The maximum atomic E-state index is 9.59. The van der Waals surface area contributed by atoms with Crippen LogP contribution < -0.4 is 0 Å². The van der Waals surface area contributed by atoms with Crippen LogP contribution in [0, 0.1) is 6.92 Å². The fraction of sp³-hybridized carbons (Fsp3) is 0.500. The number of phenolic OH excluding ortho intramolecular Hbond substituents is 1. The summed E-state index contributed by atoms with van der Waals surface area (Å²) < 4.78 is 11.1. The third kappa shape index (κ3) is 2.53. The van der Waals surface area contributed by atoms with Crippen LogP contribution in [0.5, 0.6) is 5.75 Å². The Labute approximate surface area is 123 Å². The normalized spacial score (nSPS) is 17.8. The summed E-state index contributed by atoms with van der Waals surface area (Å²) in [6, 6.07) is 5.26. The number of phenols is 1. The van der Waals surface area contributed by atoms with Crippen molar-refractivity contribution in [2.75, 3.05) is 7.11 Å². The van der Waals surface area contributed by atoms with E-state index in [0.29, 0.717) is 11.7 Å². The van der Waals surface area contributed by atoms with Crippen LogP contribution in [0.2, 0.25) is 0 Å². The third-order valence-electron chi connectivity index (χ3n) is 4.33. The van der Waals surface area contributed by atoms with Gasteiger partial charge >= 0.3 is 0 Å². The molecule has 1 N–H and O–H groups in total. The van der Waals surface area contributed by atoms with E-state index in [1.54, 1.807) is 19.2 Å². The molecule has 2 aromatic rings. The summed E-state index contributed by atoms with van der Waals surface area (Å²) >= 11 is 0. The average molecular weight is 288 g/mol. The lowest BCUT2D eigenvalue weighted by Crippen LogP contribution is -2.32. The first-order chi connectivity index (χ1) is 10.1. The molecule has 5 nitrogen and oxygen atoms in total. The lowest BCUT2D eigenvalue weighted by atomic mass is 9.84. The first-order valence-corrected chi connectivity index (χ1v) is 7.34. The first kappa shape index (κ1) is 14.1. The Morgan fingerprint density at radius 2 is 2.00 bits per heavy atom. The number of methoxy groups -OCH3 is 1. The van der Waals surface area contributed by atoms with Crippen molar-refractivity contribution >= 4 is 0 Å². The van der Waals surface area contributed by atoms with E-state index >= 15 is 0 Å². The van der Waals surface area contributed by atoms with E-state index in [1.165, 1.54) is 6.42 Å². The van der Waals surface area contributed by atoms with E-state index in [9.17, 15) is 5.11 Å². The molecule has 0 atom stereocenters. The number of benzene rings is 1. The Kier molecular flexibility index (Phi) is 3.68. The molecule has 112 valence electrons. The van der Waals surface area contributed by atoms with Gasteiger partial charge in [0.15, 0.2) is 0 Å². The molecule has 1 aromatic heterocycles. The molecule has 0 aliphatic heterocycles. The van der Waals surface area contributed by atoms with Crippen LogP contribution in [-0.4, -0.2) is 22.4 Å². The number of ether oxygens (including phenoxy) is 1. The molecule has 5 heteroatoms. The zero-order valence-electron chi connectivity index (χ0n) is 12.4. The number of aromatic hydroxyl groups is 1. The zero-order chi connectivity index (χ0) is 14.9. The van der Waals surface area contributed by atoms with Crippen molar-refractivity contribution in [2.45, 2.75) is 44.6 Å². The van der Waals surface area contributed by atoms with Gasteiger partial charge in [-0.05, 0) is 43.5 Å². The highest BCUT2D eigenvalue weighted by Gasteiger charge is 2.38. The summed E-state index contributed by atoms with van der Waals surface area (Å²) in [5.74, 6) is 1.36. The molecule has 1 saturated carbocycles. The minimum absolute atomic E-state index is 0.263. The standard InChI is InChI=1S/C16H20N2O3/c1-11-10-12(6-7-13(11)19)14-17-15(18-21-14)16(20-2)8-4-3-5-9-16/h6-7,10,19H,3-5,8-9H2,1-2H3. The predicted octanol–water partition coefficient (Wildman–Crippen LogP) is 3.56. The highest BCUT2D eigenvalue weighted by Crippen LogP contribution is 2.39. The van der Waals surface area contributed by atoms with Gasteiger partial charge in [-0.3, -0.25) is 0 Å². The van der Waals surface area contributed by atoms with E-state index in [0.717, 1.165) is 36.8 Å². The van der Waals surface area contributed by atoms with Crippen molar-refractivity contribution in [1.82, 2.24) is 10.1 Å². The van der Waals surface area contributed by atoms with Gasteiger partial charge in [-0.1, -0.05) is 24.4 Å². The van der Waals surface area contributed by atoms with E-state index in [4.69, 9.17) is 9.26 Å². The Balaban J connectivity index is 1.93. The molecule has 1 aliphatic rings. The number of hydrogen-bond acceptors (Lipinski definition) is 5. The second-order valence-corrected chi connectivity index (χ2v) is 5.68. The van der Waals surface area contributed by atoms with Crippen molar-refractivity contribution in [3.63, 3.8) is 0 Å². The van der Waals surface area contributed by atoms with Gasteiger partial charge in [0.2, 0.25) is 5.82 Å². The first-order valence-electron chi connectivity index (χ1n) is 7.34. The Hall–Kier alpha value is -1.88. The largest absolute Gasteiger partial charge is 0.508 e. The Morgan fingerprint density at radius 1 is 1.24 bits per heavy atom. The smallest absolute Gasteiger partial charge is 0.258 e. The topological polar surface area (TPSA) is 68.4 Å². The third-order valence-corrected chi connectivity index (χ3v) is 4.33. The second kappa shape index (κ2) is 5.48. The number of hydrogen-bond donors (Lipinski definition) is 1. The summed E-state index contributed by atoms with van der Waals surface area (Å²) in [4.78, 5) is 4.53. The molecule has 0 radical (unpaired) electrons. The predicted molar refractivity (Wildman–Crippen MR) is 77.9 cm³/mol. The van der Waals surface area contributed by atoms with Gasteiger partial charge in [-0.15, -0.1) is 0 Å². The minimum atomic E-state index is -0.411. The van der Waals surface area contributed by atoms with Crippen LogP contribution in [0.1, 0.15) is 43.5 Å². The summed E-state index contributed by atoms with van der Waals surface area (Å²) in [7, 11) is 1.71. The van der Waals surface area contributed by atoms with E-state index < -0.39 is 5.60 Å². The van der Waals surface area contributed by atoms with Gasteiger partial charge < -0.3 is 14.4 Å². The van der Waals surface area contributed by atoms with Crippen molar-refractivity contribution in [3.8, 4) is 17.2 Å². The van der Waals surface area contributed by atoms with Gasteiger partial charge in [0.1, 0.15) is 11.4 Å². The molecule has 21 heavy (non-hydrogen) atoms. The van der Waals surface area contributed by atoms with Crippen LogP contribution in [0.3, 0.4) is 0 Å². The SMILES string of the molecule is COC1(c2noc(-c3ccc(O)c(C)c3)n2)CCCCC1. The van der Waals surface area contributed by atoms with Crippen LogP contribution in [0.25, 0.3) is 11.5 Å². The van der Waals surface area contributed by atoms with E-state index in [1.807, 2.05) is 13.0 Å². The minimum Gasteiger partial charge on any atom is -0.508 e. The molecule has 3 rings (SSSR count). The fourth-order valence-corrected chi connectivity index (χ4v) is 2.96. The lowest BCUT2D eigenvalue weighted by Gasteiger charge is -2.32. The van der Waals surface area contributed by atoms with Crippen LogP contribution in [0.15, 0.2) is 22.7 Å². The summed E-state index contributed by atoms with van der Waals surface area (Å²) in [6.07, 6.45) is 5.33. The molecular weight excluding hydrogens is 268 g/mol. The number of rotatable bonds is 3. The van der Waals surface area contributed by atoms with Gasteiger partial charge in [-0.25, -0.2) is 0 Å². The monoisotopic (exact) mass is 288 g/mol. The lowest BCUT2D eigenvalue weighted by molar-refractivity contribution is -0.0527. The highest BCUT2D eigenvalue weighted by molar-refractivity contribution is 5.56. The van der Waals surface area contributed by atoms with E-state index in [2.05, 4.69) is 10.1 Å². The molecule has 0 saturated heterocycles. The van der Waals surface area contributed by atoms with Crippen LogP contribution >= 0.6 is 0 Å². The van der Waals surface area contributed by atoms with Crippen molar-refractivity contribution in [2.24, 2.45) is 0 Å². The molecule has 0 bridgehead atoms. The number of aromatic nitrogens is 2. The highest BCUT2D eigenvalue weighted by atomic mass is 16.5. The van der Waals surface area contributed by atoms with Crippen molar-refractivity contribution < 1.29 is 14.4 Å². The number of aryl methyl sites for hydroxylation is 1. The van der Waals surface area contributed by atoms with Gasteiger partial charge in [0, 0.05) is 12.7 Å². The van der Waals surface area contributed by atoms with Gasteiger partial charge in [0.05, 0.1) is 0 Å². The molecule has 1 heterocycles. The molecule has 1 aliphatic carbocycles. The average Bonchev–Trinajstić information content (AvgIpc) is 3.01. The van der Waals surface area contributed by atoms with Gasteiger partial charge in [-0.2, -0.15) is 4.98 Å². The molecule has 0 unspecified atom stereocenters.